The van der Waals surface area contributed by atoms with Gasteiger partial charge >= 0.3 is 6.18 Å². The number of aromatic nitrogens is 1. The number of carbonyl (C=O) groups is 1. The fraction of sp³-hybridized carbons (Fsp3) is 0.300. The molecule has 53 heavy (non-hydrogen) atoms. The number of nitrogens with zero attached hydrogens (tertiary/aromatic N) is 3. The van der Waals surface area contributed by atoms with E-state index in [-0.39, 0.29) is 41.8 Å². The molecular weight excluding hydrogens is 714 g/mol. The number of amides is 1. The Balaban J connectivity index is 1.23. The number of ether oxygens (including phenoxy) is 1. The van der Waals surface area contributed by atoms with Gasteiger partial charge in [-0.25, -0.2) is 8.78 Å². The average Bonchev–Trinajstić information content (AvgIpc) is 3.16. The van der Waals surface area contributed by atoms with Gasteiger partial charge in [-0.05, 0) is 59.9 Å². The van der Waals surface area contributed by atoms with E-state index in [1.54, 1.807) is 36.3 Å². The van der Waals surface area contributed by atoms with Gasteiger partial charge in [0.1, 0.15) is 5.03 Å². The first-order valence-electron chi connectivity index (χ1n) is 17.1. The van der Waals surface area contributed by atoms with Gasteiger partial charge in [-0.3, -0.25) is 9.59 Å². The summed E-state index contributed by atoms with van der Waals surface area (Å²) in [6.45, 7) is 2.82. The molecule has 1 aromatic heterocycles. The van der Waals surface area contributed by atoms with Crippen LogP contribution in [0, 0.1) is 11.6 Å². The summed E-state index contributed by atoms with van der Waals surface area (Å²) in [4.78, 5) is 37.5. The number of methoxy groups -OCH3 is 1. The second-order valence-electron chi connectivity index (χ2n) is 12.8. The number of rotatable bonds is 13. The van der Waals surface area contributed by atoms with Crippen molar-refractivity contribution in [3.8, 4) is 11.1 Å². The molecule has 4 aromatic carbocycles. The van der Waals surface area contributed by atoms with Gasteiger partial charge in [0, 0.05) is 62.1 Å². The number of hydrogen-bond donors (Lipinski definition) is 0. The summed E-state index contributed by atoms with van der Waals surface area (Å²) < 4.78 is 74.3. The monoisotopic (exact) mass is 751 g/mol. The lowest BCUT2D eigenvalue weighted by atomic mass is 10.00. The minimum atomic E-state index is -4.42. The number of pyridine rings is 1. The molecule has 0 atom stereocenters. The number of alkyl halides is 3. The first kappa shape index (κ1) is 38.0. The van der Waals surface area contributed by atoms with Crippen LogP contribution in [0.4, 0.5) is 22.0 Å². The van der Waals surface area contributed by atoms with Crippen molar-refractivity contribution in [3.63, 3.8) is 0 Å². The maximum atomic E-state index is 14.5. The summed E-state index contributed by atoms with van der Waals surface area (Å²) in [5, 5.41) is 0.691. The van der Waals surface area contributed by atoms with E-state index in [2.05, 4.69) is 4.90 Å². The molecule has 0 saturated carbocycles. The van der Waals surface area contributed by atoms with Crippen molar-refractivity contribution in [2.75, 3.05) is 40.0 Å². The predicted octanol–water partition coefficient (Wildman–Crippen LogP) is 7.83. The first-order valence-corrected chi connectivity index (χ1v) is 18.1. The molecule has 1 aliphatic rings. The molecule has 1 saturated heterocycles. The number of para-hydroxylation sites is 1. The molecule has 0 aliphatic carbocycles. The molecule has 0 radical (unpaired) electrons. The largest absolute Gasteiger partial charge is 0.416 e. The summed E-state index contributed by atoms with van der Waals surface area (Å²) >= 11 is 1.09. The van der Waals surface area contributed by atoms with Crippen LogP contribution in [0.1, 0.15) is 29.5 Å². The maximum Gasteiger partial charge on any atom is 0.416 e. The Morgan fingerprint density at radius 2 is 1.58 bits per heavy atom. The van der Waals surface area contributed by atoms with E-state index in [0.29, 0.717) is 28.1 Å². The SMILES string of the molecule is COCCN1CCC(N(Cc2ccc(-c3ccc(C(F)(F)F)cc3)cc2)C(=O)COn2c(SCc3cccc(F)c3F)cc(=O)c3ccccc32)CC1. The summed E-state index contributed by atoms with van der Waals surface area (Å²) in [6.07, 6.45) is -2.98. The predicted molar refractivity (Wildman–Crippen MR) is 194 cm³/mol. The van der Waals surface area contributed by atoms with Crippen LogP contribution >= 0.6 is 11.8 Å². The van der Waals surface area contributed by atoms with Gasteiger partial charge in [0.15, 0.2) is 23.7 Å². The molecule has 1 fully saturated rings. The molecule has 6 rings (SSSR count). The van der Waals surface area contributed by atoms with Crippen molar-refractivity contribution in [1.82, 2.24) is 14.5 Å². The van der Waals surface area contributed by atoms with E-state index in [4.69, 9.17) is 9.57 Å². The molecule has 0 N–H and O–H groups in total. The van der Waals surface area contributed by atoms with E-state index >= 15 is 0 Å². The Hall–Kier alpha value is -4.72. The number of halogens is 5. The van der Waals surface area contributed by atoms with E-state index in [0.717, 1.165) is 73.6 Å². The molecule has 5 aromatic rings. The minimum Gasteiger partial charge on any atom is -0.403 e. The lowest BCUT2D eigenvalue weighted by Crippen LogP contribution is -2.49. The molecule has 0 unspecified atom stereocenters. The van der Waals surface area contributed by atoms with Crippen LogP contribution in [-0.2, 0) is 28.0 Å². The van der Waals surface area contributed by atoms with Crippen molar-refractivity contribution in [1.29, 1.82) is 0 Å². The van der Waals surface area contributed by atoms with Crippen LogP contribution < -0.4 is 10.3 Å². The van der Waals surface area contributed by atoms with Gasteiger partial charge in [-0.1, -0.05) is 72.4 Å². The number of thioether (sulfide) groups is 1. The van der Waals surface area contributed by atoms with Crippen LogP contribution in [0.5, 0.6) is 0 Å². The zero-order valence-electron chi connectivity index (χ0n) is 29.0. The van der Waals surface area contributed by atoms with Gasteiger partial charge in [-0.2, -0.15) is 17.9 Å². The lowest BCUT2D eigenvalue weighted by molar-refractivity contribution is -0.140. The number of fused-ring (bicyclic) bond motifs is 1. The molecule has 13 heteroatoms. The second-order valence-corrected chi connectivity index (χ2v) is 13.8. The van der Waals surface area contributed by atoms with Crippen molar-refractivity contribution < 1.29 is 36.3 Å². The number of piperidine rings is 1. The first-order chi connectivity index (χ1) is 25.5. The maximum absolute atomic E-state index is 14.5. The molecule has 278 valence electrons. The zero-order valence-corrected chi connectivity index (χ0v) is 29.8. The van der Waals surface area contributed by atoms with Crippen molar-refractivity contribution in [2.24, 2.45) is 0 Å². The summed E-state index contributed by atoms with van der Waals surface area (Å²) in [5.41, 5.74) is 1.75. The quantitative estimate of drug-likeness (QED) is 0.0904. The Bertz CT molecular complexity index is 2080. The molecule has 1 amide bonds. The number of hydrogen-bond acceptors (Lipinski definition) is 6. The van der Waals surface area contributed by atoms with Gasteiger partial charge in [0.2, 0.25) is 0 Å². The highest BCUT2D eigenvalue weighted by molar-refractivity contribution is 7.98. The average molecular weight is 752 g/mol. The van der Waals surface area contributed by atoms with Crippen molar-refractivity contribution in [2.45, 2.75) is 42.4 Å². The smallest absolute Gasteiger partial charge is 0.403 e. The van der Waals surface area contributed by atoms with Crippen LogP contribution in [-0.4, -0.2) is 66.4 Å². The topological polar surface area (TPSA) is 64.0 Å². The lowest BCUT2D eigenvalue weighted by Gasteiger charge is -2.38. The van der Waals surface area contributed by atoms with E-state index in [1.165, 1.54) is 35.1 Å². The normalized spacial score (nSPS) is 14.1. The fourth-order valence-corrected chi connectivity index (χ4v) is 7.41. The third kappa shape index (κ3) is 9.27. The zero-order chi connectivity index (χ0) is 37.5. The van der Waals surface area contributed by atoms with Crippen molar-refractivity contribution in [3.05, 3.63) is 136 Å². The van der Waals surface area contributed by atoms with Gasteiger partial charge in [0.05, 0.1) is 17.7 Å². The van der Waals surface area contributed by atoms with E-state index in [9.17, 15) is 31.5 Å². The minimum absolute atomic E-state index is 0.00885. The summed E-state index contributed by atoms with van der Waals surface area (Å²) in [5.74, 6) is -2.22. The number of carbonyl (C=O) groups excluding carboxylic acids is 1. The van der Waals surface area contributed by atoms with Gasteiger partial charge < -0.3 is 19.4 Å². The standard InChI is InChI=1S/C40H38F5N3O4S/c1-51-22-21-46-19-17-32(18-20-46)47(24-27-9-11-28(12-10-27)29-13-15-31(16-14-29)40(43,44)45)37(50)25-52-48-35-8-3-2-6-33(35)36(49)23-38(48)53-26-30-5-4-7-34(41)39(30)42/h2-16,23,32H,17-22,24-26H2,1H3. The molecule has 0 bridgehead atoms. The Morgan fingerprint density at radius 1 is 0.906 bits per heavy atom. The van der Waals surface area contributed by atoms with E-state index < -0.39 is 23.4 Å². The third-order valence-corrected chi connectivity index (χ3v) is 10.4. The third-order valence-electron chi connectivity index (χ3n) is 9.35. The molecule has 2 heterocycles. The van der Waals surface area contributed by atoms with Gasteiger partial charge in [0.25, 0.3) is 5.91 Å². The van der Waals surface area contributed by atoms with Crippen LogP contribution in [0.15, 0.2) is 107 Å². The van der Waals surface area contributed by atoms with Crippen molar-refractivity contribution >= 4 is 28.6 Å². The number of likely N-dealkylation sites (tertiary alicyclic amines) is 1. The molecular formula is C40H38F5N3O4S. The Kier molecular flexibility index (Phi) is 12.2. The molecule has 1 aliphatic heterocycles. The van der Waals surface area contributed by atoms with Crippen LogP contribution in [0.25, 0.3) is 22.0 Å². The van der Waals surface area contributed by atoms with Crippen LogP contribution in [0.2, 0.25) is 0 Å². The number of benzene rings is 4. The fourth-order valence-electron chi connectivity index (χ4n) is 6.42. The van der Waals surface area contributed by atoms with Gasteiger partial charge in [-0.15, -0.1) is 0 Å². The molecule has 7 nitrogen and oxygen atoms in total. The highest BCUT2D eigenvalue weighted by Crippen LogP contribution is 2.32. The second kappa shape index (κ2) is 17.0. The van der Waals surface area contributed by atoms with Crippen LogP contribution in [0.3, 0.4) is 0 Å². The summed E-state index contributed by atoms with van der Waals surface area (Å²) in [7, 11) is 1.66. The summed E-state index contributed by atoms with van der Waals surface area (Å²) in [6, 6.07) is 24.3. The highest BCUT2D eigenvalue weighted by atomic mass is 32.2. The van der Waals surface area contributed by atoms with E-state index in [1.807, 2.05) is 24.3 Å². The highest BCUT2D eigenvalue weighted by Gasteiger charge is 2.31. The molecule has 0 spiro atoms. The Labute approximate surface area is 307 Å². The Morgan fingerprint density at radius 3 is 2.26 bits per heavy atom.